The van der Waals surface area contributed by atoms with E-state index in [9.17, 15) is 5.11 Å². The molecule has 7 heteroatoms. The second-order valence-corrected chi connectivity index (χ2v) is 6.39. The van der Waals surface area contributed by atoms with Crippen molar-refractivity contribution in [3.05, 3.63) is 53.5 Å². The van der Waals surface area contributed by atoms with E-state index in [1.165, 1.54) is 0 Å². The summed E-state index contributed by atoms with van der Waals surface area (Å²) >= 11 is 1.65. The SMILES string of the molecule is OCCn1nc(-c2cccs2)cc1NCc1cccc2cn[nH]c12. The van der Waals surface area contributed by atoms with E-state index in [2.05, 4.69) is 26.7 Å². The molecule has 0 aliphatic heterocycles. The molecule has 24 heavy (non-hydrogen) atoms. The van der Waals surface area contributed by atoms with Crippen LogP contribution < -0.4 is 5.32 Å². The quantitative estimate of drug-likeness (QED) is 0.504. The number of aromatic nitrogens is 4. The van der Waals surface area contributed by atoms with Gasteiger partial charge in [-0.15, -0.1) is 11.3 Å². The third-order valence-corrected chi connectivity index (χ3v) is 4.78. The number of anilines is 1. The van der Waals surface area contributed by atoms with Crippen LogP contribution in [0.1, 0.15) is 5.56 Å². The predicted octanol–water partition coefficient (Wildman–Crippen LogP) is 3.09. The Labute approximate surface area is 142 Å². The van der Waals surface area contributed by atoms with Crippen LogP contribution in [0, 0.1) is 0 Å². The van der Waals surface area contributed by atoms with E-state index in [0.29, 0.717) is 13.1 Å². The molecule has 0 fully saturated rings. The summed E-state index contributed by atoms with van der Waals surface area (Å²) in [6.45, 7) is 1.17. The highest BCUT2D eigenvalue weighted by atomic mass is 32.1. The molecule has 0 aliphatic carbocycles. The molecule has 6 nitrogen and oxygen atoms in total. The molecule has 4 aromatic rings. The minimum absolute atomic E-state index is 0.0520. The van der Waals surface area contributed by atoms with Crippen molar-refractivity contribution in [1.82, 2.24) is 20.0 Å². The summed E-state index contributed by atoms with van der Waals surface area (Å²) in [5.74, 6) is 0.893. The first-order valence-electron chi connectivity index (χ1n) is 7.72. The van der Waals surface area contributed by atoms with Crippen molar-refractivity contribution in [2.75, 3.05) is 11.9 Å². The maximum atomic E-state index is 9.28. The molecule has 0 unspecified atom stereocenters. The molecular formula is C17H17N5OS. The van der Waals surface area contributed by atoms with Gasteiger partial charge in [-0.2, -0.15) is 10.2 Å². The van der Waals surface area contributed by atoms with Crippen LogP contribution in [0.4, 0.5) is 5.82 Å². The number of hydrogen-bond acceptors (Lipinski definition) is 5. The van der Waals surface area contributed by atoms with Crippen LogP contribution >= 0.6 is 11.3 Å². The number of hydrogen-bond donors (Lipinski definition) is 3. The van der Waals surface area contributed by atoms with Crippen molar-refractivity contribution in [1.29, 1.82) is 0 Å². The lowest BCUT2D eigenvalue weighted by Gasteiger charge is -2.09. The van der Waals surface area contributed by atoms with Crippen LogP contribution in [0.15, 0.2) is 48.0 Å². The molecule has 3 heterocycles. The molecule has 3 N–H and O–H groups in total. The van der Waals surface area contributed by atoms with Crippen LogP contribution in [0.2, 0.25) is 0 Å². The molecule has 0 spiro atoms. The second-order valence-electron chi connectivity index (χ2n) is 5.44. The minimum Gasteiger partial charge on any atom is -0.394 e. The van der Waals surface area contributed by atoms with E-state index < -0.39 is 0 Å². The largest absolute Gasteiger partial charge is 0.394 e. The summed E-state index contributed by atoms with van der Waals surface area (Å²) in [6.07, 6.45) is 1.82. The molecular weight excluding hydrogens is 322 g/mol. The Kier molecular flexibility index (Phi) is 4.02. The monoisotopic (exact) mass is 339 g/mol. The summed E-state index contributed by atoms with van der Waals surface area (Å²) in [6, 6.07) is 12.2. The van der Waals surface area contributed by atoms with E-state index in [1.54, 1.807) is 11.3 Å². The van der Waals surface area contributed by atoms with Gasteiger partial charge in [-0.3, -0.25) is 5.10 Å². The van der Waals surface area contributed by atoms with E-state index in [4.69, 9.17) is 0 Å². The smallest absolute Gasteiger partial charge is 0.125 e. The molecule has 0 atom stereocenters. The molecule has 0 bridgehead atoms. The van der Waals surface area contributed by atoms with Crippen LogP contribution in [0.5, 0.6) is 0 Å². The van der Waals surface area contributed by atoms with E-state index in [0.717, 1.165) is 32.9 Å². The number of rotatable bonds is 6. The fourth-order valence-corrected chi connectivity index (χ4v) is 3.41. The first kappa shape index (κ1) is 14.9. The van der Waals surface area contributed by atoms with Crippen LogP contribution in [0.25, 0.3) is 21.5 Å². The molecule has 0 saturated carbocycles. The lowest BCUT2D eigenvalue weighted by Crippen LogP contribution is -2.10. The zero-order valence-corrected chi connectivity index (χ0v) is 13.8. The highest BCUT2D eigenvalue weighted by molar-refractivity contribution is 7.13. The van der Waals surface area contributed by atoms with Crippen LogP contribution in [-0.2, 0) is 13.1 Å². The molecule has 0 amide bonds. The molecule has 122 valence electrons. The standard InChI is InChI=1S/C17H17N5OS/c23-7-6-22-16(9-14(21-22)15-5-2-8-24-15)18-10-12-3-1-4-13-11-19-20-17(12)13/h1-5,8-9,11,18,23H,6-7,10H2,(H,19,20). The Bertz CT molecular complexity index is 941. The van der Waals surface area contributed by atoms with Gasteiger partial charge in [0.1, 0.15) is 11.5 Å². The summed E-state index contributed by atoms with van der Waals surface area (Å²) in [5, 5.41) is 27.6. The average Bonchev–Trinajstić information content (AvgIpc) is 3.33. The van der Waals surface area contributed by atoms with E-state index in [-0.39, 0.29) is 6.61 Å². The van der Waals surface area contributed by atoms with Gasteiger partial charge in [0.25, 0.3) is 0 Å². The first-order chi connectivity index (χ1) is 11.8. The summed E-state index contributed by atoms with van der Waals surface area (Å²) in [5.41, 5.74) is 3.09. The topological polar surface area (TPSA) is 78.8 Å². The van der Waals surface area contributed by atoms with Gasteiger partial charge >= 0.3 is 0 Å². The van der Waals surface area contributed by atoms with Crippen molar-refractivity contribution in [2.24, 2.45) is 0 Å². The zero-order valence-electron chi connectivity index (χ0n) is 12.9. The van der Waals surface area contributed by atoms with E-state index >= 15 is 0 Å². The Hall–Kier alpha value is -2.64. The lowest BCUT2D eigenvalue weighted by molar-refractivity contribution is 0.270. The predicted molar refractivity (Wildman–Crippen MR) is 96.0 cm³/mol. The third kappa shape index (κ3) is 2.79. The fourth-order valence-electron chi connectivity index (χ4n) is 2.73. The molecule has 0 aliphatic rings. The Morgan fingerprint density at radius 1 is 1.25 bits per heavy atom. The summed E-state index contributed by atoms with van der Waals surface area (Å²) in [7, 11) is 0. The van der Waals surface area contributed by atoms with Crippen molar-refractivity contribution >= 4 is 28.1 Å². The molecule has 1 aromatic carbocycles. The number of nitrogens with one attached hydrogen (secondary N) is 2. The highest BCUT2D eigenvalue weighted by Crippen LogP contribution is 2.26. The zero-order chi connectivity index (χ0) is 16.4. The number of benzene rings is 1. The first-order valence-corrected chi connectivity index (χ1v) is 8.60. The van der Waals surface area contributed by atoms with Gasteiger partial charge in [0.2, 0.25) is 0 Å². The van der Waals surface area contributed by atoms with Crippen molar-refractivity contribution in [2.45, 2.75) is 13.1 Å². The van der Waals surface area contributed by atoms with Gasteiger partial charge in [0, 0.05) is 18.0 Å². The van der Waals surface area contributed by atoms with Gasteiger partial charge in [-0.25, -0.2) is 4.68 Å². The second kappa shape index (κ2) is 6.46. The van der Waals surface area contributed by atoms with Gasteiger partial charge in [-0.05, 0) is 17.0 Å². The Balaban J connectivity index is 1.60. The van der Waals surface area contributed by atoms with Gasteiger partial charge in [0.15, 0.2) is 0 Å². The number of aromatic amines is 1. The molecule has 3 aromatic heterocycles. The van der Waals surface area contributed by atoms with Gasteiger partial charge in [-0.1, -0.05) is 24.3 Å². The van der Waals surface area contributed by atoms with Crippen LogP contribution in [-0.4, -0.2) is 31.7 Å². The van der Waals surface area contributed by atoms with Crippen molar-refractivity contribution in [3.63, 3.8) is 0 Å². The van der Waals surface area contributed by atoms with Crippen LogP contribution in [0.3, 0.4) is 0 Å². The number of thiophene rings is 1. The molecule has 0 radical (unpaired) electrons. The van der Waals surface area contributed by atoms with Crippen molar-refractivity contribution in [3.8, 4) is 10.6 Å². The van der Waals surface area contributed by atoms with E-state index in [1.807, 2.05) is 46.6 Å². The number of nitrogens with zero attached hydrogens (tertiary/aromatic N) is 3. The van der Waals surface area contributed by atoms with Gasteiger partial charge < -0.3 is 10.4 Å². The average molecular weight is 339 g/mol. The van der Waals surface area contributed by atoms with Gasteiger partial charge in [0.05, 0.1) is 29.7 Å². The molecule has 4 rings (SSSR count). The third-order valence-electron chi connectivity index (χ3n) is 3.89. The maximum Gasteiger partial charge on any atom is 0.125 e. The molecule has 0 saturated heterocycles. The number of aliphatic hydroxyl groups excluding tert-OH is 1. The van der Waals surface area contributed by atoms with Crippen molar-refractivity contribution < 1.29 is 5.11 Å². The maximum absolute atomic E-state index is 9.28. The number of aliphatic hydroxyl groups is 1. The fraction of sp³-hybridized carbons (Fsp3) is 0.176. The number of fused-ring (bicyclic) bond motifs is 1. The lowest BCUT2D eigenvalue weighted by atomic mass is 10.1. The Morgan fingerprint density at radius 3 is 3.04 bits per heavy atom. The Morgan fingerprint density at radius 2 is 2.21 bits per heavy atom. The number of para-hydroxylation sites is 1. The minimum atomic E-state index is 0.0520. The number of H-pyrrole nitrogens is 1. The normalized spacial score (nSPS) is 11.2. The highest BCUT2D eigenvalue weighted by Gasteiger charge is 2.11. The summed E-state index contributed by atoms with van der Waals surface area (Å²) < 4.78 is 1.81. The summed E-state index contributed by atoms with van der Waals surface area (Å²) in [4.78, 5) is 1.12.